The predicted octanol–water partition coefficient (Wildman–Crippen LogP) is 1.72. The van der Waals surface area contributed by atoms with Crippen LogP contribution in [-0.2, 0) is 9.59 Å². The second kappa shape index (κ2) is 6.47. The highest BCUT2D eigenvalue weighted by Gasteiger charge is 2.21. The summed E-state index contributed by atoms with van der Waals surface area (Å²) < 4.78 is 13.5. The van der Waals surface area contributed by atoms with E-state index < -0.39 is 5.82 Å². The SMILES string of the molecule is CC(=O)Nc1cc(NC(=O)C2CCNCC2)ccc1F. The molecule has 0 saturated carbocycles. The summed E-state index contributed by atoms with van der Waals surface area (Å²) in [7, 11) is 0. The van der Waals surface area contributed by atoms with Crippen LogP contribution in [0.2, 0.25) is 0 Å². The van der Waals surface area contributed by atoms with Gasteiger partial charge in [-0.2, -0.15) is 0 Å². The van der Waals surface area contributed by atoms with Crippen LogP contribution < -0.4 is 16.0 Å². The van der Waals surface area contributed by atoms with Crippen LogP contribution in [0.4, 0.5) is 15.8 Å². The van der Waals surface area contributed by atoms with E-state index in [-0.39, 0.29) is 23.4 Å². The number of anilines is 2. The molecular weight excluding hydrogens is 261 g/mol. The molecule has 2 amide bonds. The Kier molecular flexibility index (Phi) is 4.68. The van der Waals surface area contributed by atoms with E-state index in [0.29, 0.717) is 5.69 Å². The molecular formula is C14H18FN3O2. The molecule has 3 N–H and O–H groups in total. The molecule has 108 valence electrons. The number of hydrogen-bond donors (Lipinski definition) is 3. The topological polar surface area (TPSA) is 70.2 Å². The van der Waals surface area contributed by atoms with E-state index in [4.69, 9.17) is 0 Å². The van der Waals surface area contributed by atoms with E-state index >= 15 is 0 Å². The van der Waals surface area contributed by atoms with Crippen molar-refractivity contribution in [1.82, 2.24) is 5.32 Å². The molecule has 0 bridgehead atoms. The minimum Gasteiger partial charge on any atom is -0.326 e. The van der Waals surface area contributed by atoms with E-state index in [9.17, 15) is 14.0 Å². The Labute approximate surface area is 116 Å². The van der Waals surface area contributed by atoms with Crippen LogP contribution in [0.25, 0.3) is 0 Å². The third kappa shape index (κ3) is 3.77. The first-order chi connectivity index (χ1) is 9.56. The van der Waals surface area contributed by atoms with Gasteiger partial charge < -0.3 is 16.0 Å². The zero-order chi connectivity index (χ0) is 14.5. The maximum Gasteiger partial charge on any atom is 0.227 e. The Bertz CT molecular complexity index is 513. The Morgan fingerprint density at radius 3 is 2.60 bits per heavy atom. The van der Waals surface area contributed by atoms with Crippen LogP contribution >= 0.6 is 0 Å². The number of carbonyl (C=O) groups is 2. The van der Waals surface area contributed by atoms with Gasteiger partial charge in [0.1, 0.15) is 5.82 Å². The number of halogens is 1. The summed E-state index contributed by atoms with van der Waals surface area (Å²) in [4.78, 5) is 23.0. The molecule has 1 heterocycles. The lowest BCUT2D eigenvalue weighted by atomic mass is 9.97. The highest BCUT2D eigenvalue weighted by molar-refractivity contribution is 5.94. The van der Waals surface area contributed by atoms with Gasteiger partial charge in [0.05, 0.1) is 5.69 Å². The second-order valence-corrected chi connectivity index (χ2v) is 4.89. The molecule has 0 aromatic heterocycles. The van der Waals surface area contributed by atoms with Crippen LogP contribution in [0.3, 0.4) is 0 Å². The van der Waals surface area contributed by atoms with Gasteiger partial charge in [-0.15, -0.1) is 0 Å². The molecule has 1 aliphatic heterocycles. The fourth-order valence-electron chi connectivity index (χ4n) is 2.22. The lowest BCUT2D eigenvalue weighted by Crippen LogP contribution is -2.34. The van der Waals surface area contributed by atoms with Crippen molar-refractivity contribution in [3.05, 3.63) is 24.0 Å². The normalized spacial score (nSPS) is 15.7. The minimum absolute atomic E-state index is 0.0227. The van der Waals surface area contributed by atoms with E-state index in [0.717, 1.165) is 25.9 Å². The van der Waals surface area contributed by atoms with Crippen molar-refractivity contribution in [2.24, 2.45) is 5.92 Å². The van der Waals surface area contributed by atoms with Crippen molar-refractivity contribution < 1.29 is 14.0 Å². The molecule has 2 rings (SSSR count). The van der Waals surface area contributed by atoms with Crippen molar-refractivity contribution in [2.75, 3.05) is 23.7 Å². The highest BCUT2D eigenvalue weighted by Crippen LogP contribution is 2.21. The third-order valence-corrected chi connectivity index (χ3v) is 3.25. The fourth-order valence-corrected chi connectivity index (χ4v) is 2.22. The summed E-state index contributed by atoms with van der Waals surface area (Å²) in [6.45, 7) is 2.97. The van der Waals surface area contributed by atoms with Crippen molar-refractivity contribution in [2.45, 2.75) is 19.8 Å². The number of rotatable bonds is 3. The molecule has 20 heavy (non-hydrogen) atoms. The van der Waals surface area contributed by atoms with Gasteiger partial charge in [0.15, 0.2) is 0 Å². The zero-order valence-corrected chi connectivity index (χ0v) is 11.3. The van der Waals surface area contributed by atoms with E-state index in [1.807, 2.05) is 0 Å². The molecule has 1 saturated heterocycles. The number of benzene rings is 1. The highest BCUT2D eigenvalue weighted by atomic mass is 19.1. The molecule has 5 nitrogen and oxygen atoms in total. The number of amides is 2. The summed E-state index contributed by atoms with van der Waals surface area (Å²) in [5, 5.41) is 8.35. The van der Waals surface area contributed by atoms with E-state index in [1.54, 1.807) is 0 Å². The molecule has 1 aromatic rings. The van der Waals surface area contributed by atoms with Gasteiger partial charge in [0, 0.05) is 18.5 Å². The van der Waals surface area contributed by atoms with Crippen LogP contribution in [0, 0.1) is 11.7 Å². The number of piperidine rings is 1. The summed E-state index contributed by atoms with van der Waals surface area (Å²) in [5.74, 6) is -0.969. The van der Waals surface area contributed by atoms with E-state index in [1.165, 1.54) is 25.1 Å². The first-order valence-corrected chi connectivity index (χ1v) is 6.65. The zero-order valence-electron chi connectivity index (χ0n) is 11.3. The maximum absolute atomic E-state index is 13.5. The second-order valence-electron chi connectivity index (χ2n) is 4.89. The molecule has 1 aliphatic rings. The first-order valence-electron chi connectivity index (χ1n) is 6.65. The molecule has 1 fully saturated rings. The largest absolute Gasteiger partial charge is 0.326 e. The predicted molar refractivity (Wildman–Crippen MR) is 74.9 cm³/mol. The monoisotopic (exact) mass is 279 g/mol. The van der Waals surface area contributed by atoms with Gasteiger partial charge in [-0.1, -0.05) is 0 Å². The Morgan fingerprint density at radius 1 is 1.25 bits per heavy atom. The summed E-state index contributed by atoms with van der Waals surface area (Å²) in [6, 6.07) is 4.14. The van der Waals surface area contributed by atoms with Gasteiger partial charge in [-0.05, 0) is 44.1 Å². The standard InChI is InChI=1S/C14H18FN3O2/c1-9(19)17-13-8-11(2-3-12(13)15)18-14(20)10-4-6-16-7-5-10/h2-3,8,10,16H,4-7H2,1H3,(H,17,19)(H,18,20). The maximum atomic E-state index is 13.5. The number of nitrogens with one attached hydrogen (secondary N) is 3. The quantitative estimate of drug-likeness (QED) is 0.789. The summed E-state index contributed by atoms with van der Waals surface area (Å²) in [5.41, 5.74) is 0.555. The molecule has 0 aliphatic carbocycles. The average molecular weight is 279 g/mol. The first kappa shape index (κ1) is 14.5. The molecule has 0 spiro atoms. The smallest absolute Gasteiger partial charge is 0.227 e. The Hall–Kier alpha value is -1.95. The van der Waals surface area contributed by atoms with Gasteiger partial charge in [0.25, 0.3) is 0 Å². The van der Waals surface area contributed by atoms with Crippen molar-refractivity contribution >= 4 is 23.2 Å². The van der Waals surface area contributed by atoms with Crippen LogP contribution in [0.15, 0.2) is 18.2 Å². The van der Waals surface area contributed by atoms with Crippen LogP contribution in [0.1, 0.15) is 19.8 Å². The number of carbonyl (C=O) groups excluding carboxylic acids is 2. The van der Waals surface area contributed by atoms with Crippen LogP contribution in [0.5, 0.6) is 0 Å². The molecule has 6 heteroatoms. The van der Waals surface area contributed by atoms with Crippen molar-refractivity contribution in [3.63, 3.8) is 0 Å². The fraction of sp³-hybridized carbons (Fsp3) is 0.429. The Balaban J connectivity index is 2.05. The van der Waals surface area contributed by atoms with Gasteiger partial charge in [-0.25, -0.2) is 4.39 Å². The molecule has 1 aromatic carbocycles. The van der Waals surface area contributed by atoms with Gasteiger partial charge in [-0.3, -0.25) is 9.59 Å². The third-order valence-electron chi connectivity index (χ3n) is 3.25. The lowest BCUT2D eigenvalue weighted by Gasteiger charge is -2.21. The van der Waals surface area contributed by atoms with Crippen molar-refractivity contribution in [1.29, 1.82) is 0 Å². The summed E-state index contributed by atoms with van der Waals surface area (Å²) >= 11 is 0. The molecule has 0 atom stereocenters. The lowest BCUT2D eigenvalue weighted by molar-refractivity contribution is -0.120. The molecule has 0 unspecified atom stereocenters. The van der Waals surface area contributed by atoms with Gasteiger partial charge in [0.2, 0.25) is 11.8 Å². The number of hydrogen-bond acceptors (Lipinski definition) is 3. The van der Waals surface area contributed by atoms with E-state index in [2.05, 4.69) is 16.0 Å². The van der Waals surface area contributed by atoms with Crippen LogP contribution in [-0.4, -0.2) is 24.9 Å². The average Bonchev–Trinajstić information content (AvgIpc) is 2.43. The summed E-state index contributed by atoms with van der Waals surface area (Å²) in [6.07, 6.45) is 1.59. The van der Waals surface area contributed by atoms with Crippen molar-refractivity contribution in [3.8, 4) is 0 Å². The minimum atomic E-state index is -0.528. The van der Waals surface area contributed by atoms with Gasteiger partial charge >= 0.3 is 0 Å². The Morgan fingerprint density at radius 2 is 1.95 bits per heavy atom. The molecule has 0 radical (unpaired) electrons.